The van der Waals surface area contributed by atoms with E-state index in [4.69, 9.17) is 14.5 Å². The highest BCUT2D eigenvalue weighted by Gasteiger charge is 2.34. The maximum absolute atomic E-state index is 6.39. The molecule has 5 heterocycles. The van der Waals surface area contributed by atoms with Gasteiger partial charge in [0.05, 0.1) is 30.2 Å². The van der Waals surface area contributed by atoms with E-state index in [0.29, 0.717) is 18.4 Å². The highest BCUT2D eigenvalue weighted by Crippen LogP contribution is 2.48. The molecule has 0 bridgehead atoms. The van der Waals surface area contributed by atoms with Crippen molar-refractivity contribution in [2.45, 2.75) is 31.3 Å². The van der Waals surface area contributed by atoms with Crippen LogP contribution >= 0.6 is 0 Å². The first-order valence-corrected chi connectivity index (χ1v) is 10.3. The predicted octanol–water partition coefficient (Wildman–Crippen LogP) is 2.51. The van der Waals surface area contributed by atoms with Crippen LogP contribution in [0, 0.1) is 0 Å². The molecule has 7 heteroatoms. The largest absolute Gasteiger partial charge is 0.485 e. The van der Waals surface area contributed by atoms with E-state index >= 15 is 0 Å². The Morgan fingerprint density at radius 1 is 1.11 bits per heavy atom. The standard InChI is InChI=1S/C21H25N5O2/c1-2-13(1)19-20-17(9-16(24-19)14-10-22-11-14)25-21-15(12-28-20)18(3-4-23-21)26-5-7-27-8-6-26/h3-4,9,13-14,22H,1-2,5-8,10-12H2,(H,23,25). The summed E-state index contributed by atoms with van der Waals surface area (Å²) >= 11 is 0. The molecule has 2 N–H and O–H groups in total. The molecular formula is C21H25N5O2. The molecule has 146 valence electrons. The van der Waals surface area contributed by atoms with E-state index in [2.05, 4.69) is 32.7 Å². The van der Waals surface area contributed by atoms with Gasteiger partial charge in [0.25, 0.3) is 0 Å². The Bertz CT molecular complexity index is 904. The number of morpholine rings is 1. The molecule has 1 saturated carbocycles. The number of hydrogen-bond donors (Lipinski definition) is 2. The van der Waals surface area contributed by atoms with Crippen molar-refractivity contribution in [1.29, 1.82) is 0 Å². The van der Waals surface area contributed by atoms with Gasteiger partial charge < -0.3 is 25.0 Å². The average molecular weight is 379 g/mol. The maximum atomic E-state index is 6.39. The summed E-state index contributed by atoms with van der Waals surface area (Å²) in [6.45, 7) is 5.86. The number of aromatic nitrogens is 2. The maximum Gasteiger partial charge on any atom is 0.165 e. The zero-order valence-corrected chi connectivity index (χ0v) is 15.9. The first-order chi connectivity index (χ1) is 13.9. The van der Waals surface area contributed by atoms with Crippen molar-refractivity contribution in [3.05, 3.63) is 35.3 Å². The van der Waals surface area contributed by atoms with Gasteiger partial charge in [-0.25, -0.2) is 4.98 Å². The third-order valence-corrected chi connectivity index (χ3v) is 6.18. The van der Waals surface area contributed by atoms with Gasteiger partial charge in [-0.1, -0.05) is 0 Å². The van der Waals surface area contributed by atoms with Gasteiger partial charge in [0.1, 0.15) is 12.4 Å². The van der Waals surface area contributed by atoms with E-state index in [1.165, 1.54) is 24.2 Å². The van der Waals surface area contributed by atoms with Crippen LogP contribution in [-0.2, 0) is 11.3 Å². The summed E-state index contributed by atoms with van der Waals surface area (Å²) in [6.07, 6.45) is 4.31. The highest BCUT2D eigenvalue weighted by atomic mass is 16.5. The molecule has 4 aliphatic rings. The average Bonchev–Trinajstić information content (AvgIpc) is 3.52. The second-order valence-electron chi connectivity index (χ2n) is 8.11. The molecule has 0 amide bonds. The molecule has 2 aromatic rings. The predicted molar refractivity (Wildman–Crippen MR) is 107 cm³/mol. The number of nitrogens with zero attached hydrogens (tertiary/aromatic N) is 3. The summed E-state index contributed by atoms with van der Waals surface area (Å²) < 4.78 is 11.9. The Kier molecular flexibility index (Phi) is 3.90. The molecule has 6 rings (SSSR count). The topological polar surface area (TPSA) is 71.5 Å². The van der Waals surface area contributed by atoms with Crippen molar-refractivity contribution in [3.8, 4) is 5.75 Å². The van der Waals surface area contributed by atoms with E-state index in [-0.39, 0.29) is 0 Å². The minimum Gasteiger partial charge on any atom is -0.485 e. The van der Waals surface area contributed by atoms with Crippen LogP contribution in [0.15, 0.2) is 18.3 Å². The molecule has 7 nitrogen and oxygen atoms in total. The summed E-state index contributed by atoms with van der Waals surface area (Å²) in [5.74, 6) is 2.86. The number of hydrogen-bond acceptors (Lipinski definition) is 7. The third kappa shape index (κ3) is 2.81. The Labute approximate surface area is 164 Å². The van der Waals surface area contributed by atoms with E-state index in [1.54, 1.807) is 0 Å². The zero-order valence-electron chi connectivity index (χ0n) is 15.9. The van der Waals surface area contributed by atoms with Crippen LogP contribution in [0.4, 0.5) is 17.2 Å². The lowest BCUT2D eigenvalue weighted by atomic mass is 9.97. The van der Waals surface area contributed by atoms with Crippen LogP contribution in [0.3, 0.4) is 0 Å². The highest BCUT2D eigenvalue weighted by molar-refractivity contribution is 5.74. The second-order valence-corrected chi connectivity index (χ2v) is 8.11. The van der Waals surface area contributed by atoms with Gasteiger partial charge in [0.2, 0.25) is 0 Å². The monoisotopic (exact) mass is 379 g/mol. The van der Waals surface area contributed by atoms with Gasteiger partial charge in [-0.3, -0.25) is 4.98 Å². The van der Waals surface area contributed by atoms with Gasteiger partial charge in [0.15, 0.2) is 5.75 Å². The first kappa shape index (κ1) is 16.6. The van der Waals surface area contributed by atoms with Crippen LogP contribution in [0.1, 0.15) is 41.6 Å². The number of pyridine rings is 2. The third-order valence-electron chi connectivity index (χ3n) is 6.18. The molecule has 3 aliphatic heterocycles. The number of ether oxygens (including phenoxy) is 2. The molecule has 2 aromatic heterocycles. The summed E-state index contributed by atoms with van der Waals surface area (Å²) in [5, 5.41) is 6.95. The summed E-state index contributed by atoms with van der Waals surface area (Å²) in [7, 11) is 0. The van der Waals surface area contributed by atoms with Gasteiger partial charge >= 0.3 is 0 Å². The fourth-order valence-corrected chi connectivity index (χ4v) is 4.26. The molecule has 0 radical (unpaired) electrons. The van der Waals surface area contributed by atoms with Crippen molar-refractivity contribution in [1.82, 2.24) is 15.3 Å². The lowest BCUT2D eigenvalue weighted by Crippen LogP contribution is -2.40. The Morgan fingerprint density at radius 3 is 2.71 bits per heavy atom. The van der Waals surface area contributed by atoms with E-state index in [9.17, 15) is 0 Å². The minimum atomic E-state index is 0.500. The summed E-state index contributed by atoms with van der Waals surface area (Å²) in [4.78, 5) is 12.1. The van der Waals surface area contributed by atoms with E-state index in [1.807, 2.05) is 6.20 Å². The van der Waals surface area contributed by atoms with E-state index < -0.39 is 0 Å². The fraction of sp³-hybridized carbons (Fsp3) is 0.524. The van der Waals surface area contributed by atoms with Crippen molar-refractivity contribution in [2.24, 2.45) is 0 Å². The smallest absolute Gasteiger partial charge is 0.165 e. The van der Waals surface area contributed by atoms with E-state index in [0.717, 1.165) is 67.9 Å². The quantitative estimate of drug-likeness (QED) is 0.849. The molecule has 1 aliphatic carbocycles. The number of rotatable bonds is 3. The number of nitrogens with one attached hydrogen (secondary N) is 2. The normalized spacial score (nSPS) is 21.6. The summed E-state index contributed by atoms with van der Waals surface area (Å²) in [6, 6.07) is 4.27. The van der Waals surface area contributed by atoms with Crippen LogP contribution < -0.4 is 20.3 Å². The SMILES string of the molecule is c1cc(N2CCOCC2)c2c(n1)Nc1cc(C3CNC3)nc(C3CC3)c1OC2. The van der Waals surface area contributed by atoms with Crippen molar-refractivity contribution in [3.63, 3.8) is 0 Å². The molecule has 3 fully saturated rings. The number of fused-ring (bicyclic) bond motifs is 2. The Balaban J connectivity index is 1.40. The molecule has 0 spiro atoms. The molecule has 0 aromatic carbocycles. The van der Waals surface area contributed by atoms with Crippen LogP contribution in [0.25, 0.3) is 0 Å². The molecule has 2 saturated heterocycles. The number of anilines is 3. The minimum absolute atomic E-state index is 0.500. The zero-order chi connectivity index (χ0) is 18.5. The summed E-state index contributed by atoms with van der Waals surface area (Å²) in [5.41, 5.74) is 5.63. The van der Waals surface area contributed by atoms with Gasteiger partial charge in [-0.15, -0.1) is 0 Å². The Morgan fingerprint density at radius 2 is 1.96 bits per heavy atom. The van der Waals surface area contributed by atoms with Gasteiger partial charge in [0, 0.05) is 55.6 Å². The van der Waals surface area contributed by atoms with Crippen molar-refractivity contribution >= 4 is 17.2 Å². The lowest BCUT2D eigenvalue weighted by molar-refractivity contribution is 0.122. The molecule has 28 heavy (non-hydrogen) atoms. The lowest BCUT2D eigenvalue weighted by Gasteiger charge is -2.30. The van der Waals surface area contributed by atoms with Crippen LogP contribution in [-0.4, -0.2) is 49.4 Å². The van der Waals surface area contributed by atoms with Gasteiger partial charge in [-0.05, 0) is 25.0 Å². The Hall–Kier alpha value is -2.38. The molecule has 0 unspecified atom stereocenters. The van der Waals surface area contributed by atoms with Gasteiger partial charge in [-0.2, -0.15) is 0 Å². The molecular weight excluding hydrogens is 354 g/mol. The van der Waals surface area contributed by atoms with Crippen LogP contribution in [0.5, 0.6) is 5.75 Å². The van der Waals surface area contributed by atoms with Crippen molar-refractivity contribution in [2.75, 3.05) is 49.6 Å². The fourth-order valence-electron chi connectivity index (χ4n) is 4.26. The second kappa shape index (κ2) is 6.60. The van der Waals surface area contributed by atoms with Crippen LogP contribution in [0.2, 0.25) is 0 Å². The molecule has 0 atom stereocenters. The van der Waals surface area contributed by atoms with Crippen molar-refractivity contribution < 1.29 is 9.47 Å². The first-order valence-electron chi connectivity index (χ1n) is 10.3.